The molecule has 4 amide bonds. The topological polar surface area (TPSA) is 176 Å². The molecule has 0 atom stereocenters. The van der Waals surface area contributed by atoms with Crippen molar-refractivity contribution in [1.29, 1.82) is 0 Å². The van der Waals surface area contributed by atoms with Crippen LogP contribution in [0.5, 0.6) is 0 Å². The molecular formula is C34H32N8O4+2. The van der Waals surface area contributed by atoms with Crippen molar-refractivity contribution in [3.8, 4) is 0 Å². The Labute approximate surface area is 264 Å². The molecule has 0 aliphatic carbocycles. The number of carbonyl (C=O) groups is 4. The van der Waals surface area contributed by atoms with Crippen molar-refractivity contribution in [2.24, 2.45) is 14.1 Å². The average Bonchev–Trinajstić information content (AvgIpc) is 3.03. The average molecular weight is 617 g/mol. The minimum Gasteiger partial charge on any atom is -0.397 e. The van der Waals surface area contributed by atoms with E-state index in [1.807, 2.05) is 47.8 Å². The molecule has 230 valence electrons. The number of hydrogen-bond acceptors (Lipinski definition) is 6. The Balaban J connectivity index is 1.18. The number of hydrogen-bond donors (Lipinski definition) is 6. The second-order valence-electron chi connectivity index (χ2n) is 10.5. The zero-order valence-electron chi connectivity index (χ0n) is 25.1. The first-order valence-electron chi connectivity index (χ1n) is 14.1. The zero-order valence-corrected chi connectivity index (χ0v) is 25.1. The van der Waals surface area contributed by atoms with Gasteiger partial charge in [-0.2, -0.15) is 0 Å². The van der Waals surface area contributed by atoms with Gasteiger partial charge in [0.1, 0.15) is 25.5 Å². The molecule has 0 saturated carbocycles. The van der Waals surface area contributed by atoms with Crippen LogP contribution in [0.2, 0.25) is 0 Å². The predicted molar refractivity (Wildman–Crippen MR) is 175 cm³/mol. The molecule has 0 radical (unpaired) electrons. The van der Waals surface area contributed by atoms with E-state index in [-0.39, 0.29) is 34.3 Å². The molecule has 0 aliphatic heterocycles. The summed E-state index contributed by atoms with van der Waals surface area (Å²) < 4.78 is 3.62. The highest BCUT2D eigenvalue weighted by molar-refractivity contribution is 6.10. The van der Waals surface area contributed by atoms with Crippen LogP contribution in [-0.2, 0) is 14.1 Å². The van der Waals surface area contributed by atoms with Crippen molar-refractivity contribution < 1.29 is 28.3 Å². The zero-order chi connectivity index (χ0) is 32.8. The normalized spacial score (nSPS) is 10.5. The molecule has 3 aromatic carbocycles. The minimum atomic E-state index is -0.449. The largest absolute Gasteiger partial charge is 0.397 e. The van der Waals surface area contributed by atoms with Crippen LogP contribution in [0.4, 0.5) is 34.1 Å². The highest BCUT2D eigenvalue weighted by Gasteiger charge is 2.15. The standard InChI is InChI=1S/C34H30N8O4/c1-41-15-3-5-25(19-41)37-33(45)23-11-13-29(27(35)17-23)39-31(43)21-7-9-22(10-8-21)32(44)40-30-14-12-24(18-28(30)36)34(46)38-26-6-4-16-42(2)20-26/h3-20H,1-2H3,(H6-2,35,36,37,38,39,40,43,44,45,46)/p+2. The van der Waals surface area contributed by atoms with Gasteiger partial charge in [0, 0.05) is 34.4 Å². The van der Waals surface area contributed by atoms with Gasteiger partial charge < -0.3 is 32.7 Å². The van der Waals surface area contributed by atoms with E-state index in [1.54, 1.807) is 48.8 Å². The number of carbonyl (C=O) groups excluding carboxylic acids is 4. The Hall–Kier alpha value is -6.56. The molecule has 12 nitrogen and oxygen atoms in total. The monoisotopic (exact) mass is 616 g/mol. The molecule has 5 aromatic rings. The number of nitrogen functional groups attached to an aromatic ring is 2. The fourth-order valence-electron chi connectivity index (χ4n) is 4.53. The van der Waals surface area contributed by atoms with E-state index in [0.29, 0.717) is 33.9 Å². The summed E-state index contributed by atoms with van der Waals surface area (Å²) in [7, 11) is 3.70. The Morgan fingerprint density at radius 1 is 0.500 bits per heavy atom. The lowest BCUT2D eigenvalue weighted by atomic mass is 10.1. The molecule has 0 saturated heterocycles. The van der Waals surface area contributed by atoms with Crippen molar-refractivity contribution in [2.75, 3.05) is 32.7 Å². The molecule has 0 spiro atoms. The summed E-state index contributed by atoms with van der Waals surface area (Å²) in [6.07, 6.45) is 7.24. The molecule has 0 unspecified atom stereocenters. The third-order valence-corrected chi connectivity index (χ3v) is 6.93. The molecule has 0 fully saturated rings. The molecular weight excluding hydrogens is 584 g/mol. The molecule has 8 N–H and O–H groups in total. The highest BCUT2D eigenvalue weighted by atomic mass is 16.2. The van der Waals surface area contributed by atoms with Crippen molar-refractivity contribution >= 4 is 57.8 Å². The van der Waals surface area contributed by atoms with Gasteiger partial charge in [0.2, 0.25) is 0 Å². The SMILES string of the molecule is C[n+]1cccc(NC(=O)c2ccc(NC(=O)c3ccc(C(=O)Nc4ccc(C(=O)Nc5ccc[n+](C)c5)cc4N)cc3)c(N)c2)c1. The van der Waals surface area contributed by atoms with Gasteiger partial charge >= 0.3 is 0 Å². The van der Waals surface area contributed by atoms with Crippen molar-refractivity contribution in [1.82, 2.24) is 0 Å². The van der Waals surface area contributed by atoms with Gasteiger partial charge in [0.05, 0.1) is 22.7 Å². The smallest absolute Gasteiger partial charge is 0.255 e. The van der Waals surface area contributed by atoms with E-state index in [0.717, 1.165) is 0 Å². The van der Waals surface area contributed by atoms with Crippen LogP contribution in [-0.4, -0.2) is 23.6 Å². The summed E-state index contributed by atoms with van der Waals surface area (Å²) in [5.74, 6) is -1.58. The van der Waals surface area contributed by atoms with Gasteiger partial charge in [-0.15, -0.1) is 0 Å². The number of pyridine rings is 2. The number of nitrogens with two attached hydrogens (primary N) is 2. The second kappa shape index (κ2) is 13.4. The Bertz CT molecular complexity index is 1830. The summed E-state index contributed by atoms with van der Waals surface area (Å²) in [5.41, 5.74) is 15.9. The summed E-state index contributed by atoms with van der Waals surface area (Å²) in [6.45, 7) is 0. The van der Waals surface area contributed by atoms with Crippen molar-refractivity contribution in [3.63, 3.8) is 0 Å². The van der Waals surface area contributed by atoms with E-state index in [2.05, 4.69) is 21.3 Å². The predicted octanol–water partition coefficient (Wildman–Crippen LogP) is 3.51. The molecule has 0 aliphatic rings. The number of aromatic nitrogens is 2. The first-order chi connectivity index (χ1) is 22.0. The maximum Gasteiger partial charge on any atom is 0.255 e. The first-order valence-corrected chi connectivity index (χ1v) is 14.1. The van der Waals surface area contributed by atoms with E-state index in [1.165, 1.54) is 36.4 Å². The lowest BCUT2D eigenvalue weighted by Crippen LogP contribution is -2.27. The van der Waals surface area contributed by atoms with Gasteiger partial charge in [-0.25, -0.2) is 9.13 Å². The van der Waals surface area contributed by atoms with E-state index >= 15 is 0 Å². The summed E-state index contributed by atoms with van der Waals surface area (Å²) in [6, 6.07) is 22.4. The summed E-state index contributed by atoms with van der Waals surface area (Å²) in [5, 5.41) is 11.1. The maximum absolute atomic E-state index is 12.9. The summed E-state index contributed by atoms with van der Waals surface area (Å²) in [4.78, 5) is 51.1. The van der Waals surface area contributed by atoms with Crippen LogP contribution in [0.1, 0.15) is 41.4 Å². The lowest BCUT2D eigenvalue weighted by molar-refractivity contribution is -0.670. The maximum atomic E-state index is 12.9. The number of amides is 4. The molecule has 12 heteroatoms. The van der Waals surface area contributed by atoms with Crippen LogP contribution in [0.15, 0.2) is 110 Å². The number of aryl methyl sites for hydroxylation is 2. The summed E-state index contributed by atoms with van der Waals surface area (Å²) >= 11 is 0. The third-order valence-electron chi connectivity index (χ3n) is 6.93. The fraction of sp³-hybridized carbons (Fsp3) is 0.0588. The third kappa shape index (κ3) is 7.50. The molecule has 2 aromatic heterocycles. The molecule has 5 rings (SSSR count). The quantitative estimate of drug-likeness (QED) is 0.115. The van der Waals surface area contributed by atoms with E-state index in [9.17, 15) is 19.2 Å². The number of rotatable bonds is 8. The van der Waals surface area contributed by atoms with Crippen LogP contribution in [0, 0.1) is 0 Å². The Morgan fingerprint density at radius 2 is 0.848 bits per heavy atom. The lowest BCUT2D eigenvalue weighted by Gasteiger charge is -2.12. The minimum absolute atomic E-state index is 0.214. The molecule has 46 heavy (non-hydrogen) atoms. The van der Waals surface area contributed by atoms with Crippen LogP contribution in [0.3, 0.4) is 0 Å². The number of anilines is 6. The fourth-order valence-corrected chi connectivity index (χ4v) is 4.53. The van der Waals surface area contributed by atoms with Gasteiger partial charge in [-0.05, 0) is 72.8 Å². The van der Waals surface area contributed by atoms with Crippen molar-refractivity contribution in [2.45, 2.75) is 0 Å². The highest BCUT2D eigenvalue weighted by Crippen LogP contribution is 2.23. The Morgan fingerprint density at radius 3 is 1.20 bits per heavy atom. The van der Waals surface area contributed by atoms with Crippen LogP contribution < -0.4 is 41.9 Å². The van der Waals surface area contributed by atoms with Gasteiger partial charge in [0.15, 0.2) is 24.8 Å². The van der Waals surface area contributed by atoms with Crippen LogP contribution >= 0.6 is 0 Å². The Kier molecular flexibility index (Phi) is 8.99. The van der Waals surface area contributed by atoms with Crippen LogP contribution in [0.25, 0.3) is 0 Å². The first kappa shape index (κ1) is 30.9. The number of nitrogens with one attached hydrogen (secondary N) is 4. The van der Waals surface area contributed by atoms with E-state index in [4.69, 9.17) is 11.5 Å². The van der Waals surface area contributed by atoms with E-state index < -0.39 is 11.8 Å². The number of benzene rings is 3. The molecule has 0 bridgehead atoms. The molecule has 2 heterocycles. The second-order valence-corrected chi connectivity index (χ2v) is 10.5. The number of nitrogens with zero attached hydrogens (tertiary/aromatic N) is 2. The van der Waals surface area contributed by atoms with Gasteiger partial charge in [-0.3, -0.25) is 19.2 Å². The van der Waals surface area contributed by atoms with Gasteiger partial charge in [0.25, 0.3) is 23.6 Å². The van der Waals surface area contributed by atoms with Gasteiger partial charge in [-0.1, -0.05) is 0 Å². The van der Waals surface area contributed by atoms with Crippen molar-refractivity contribution in [3.05, 3.63) is 132 Å².